The van der Waals surface area contributed by atoms with Crippen molar-refractivity contribution >= 4 is 39.8 Å². The van der Waals surface area contributed by atoms with Gasteiger partial charge in [0.15, 0.2) is 11.6 Å². The molecule has 4 aromatic heterocycles. The fourth-order valence-electron chi connectivity index (χ4n) is 3.97. The van der Waals surface area contributed by atoms with Crippen LogP contribution in [0.3, 0.4) is 0 Å². The van der Waals surface area contributed by atoms with E-state index in [9.17, 15) is 26.7 Å². The highest BCUT2D eigenvalue weighted by Gasteiger charge is 2.33. The van der Waals surface area contributed by atoms with Crippen LogP contribution in [0.15, 0.2) is 61.2 Å². The SMILES string of the molecule is C[C@H](NC(=O)c1cc(C(F)(F)F)cnc1NCc1ccc(-c2cc3c(N)ncnc3cn2)s1)c1ccc(F)c(F)c1. The third-order valence-corrected chi connectivity index (χ3v) is 7.26. The van der Waals surface area contributed by atoms with Crippen molar-refractivity contribution in [1.29, 1.82) is 0 Å². The summed E-state index contributed by atoms with van der Waals surface area (Å²) in [5.41, 5.74) is 5.93. The second kappa shape index (κ2) is 11.0. The Morgan fingerprint density at radius 2 is 1.80 bits per heavy atom. The zero-order valence-corrected chi connectivity index (χ0v) is 21.9. The van der Waals surface area contributed by atoms with Crippen molar-refractivity contribution in [2.24, 2.45) is 0 Å². The third kappa shape index (κ3) is 6.06. The van der Waals surface area contributed by atoms with Crippen LogP contribution in [0, 0.1) is 11.6 Å². The van der Waals surface area contributed by atoms with Crippen molar-refractivity contribution in [3.8, 4) is 10.6 Å². The Labute approximate surface area is 233 Å². The normalized spacial score (nSPS) is 12.3. The van der Waals surface area contributed by atoms with Crippen molar-refractivity contribution in [3.05, 3.63) is 94.4 Å². The molecule has 0 aliphatic rings. The molecule has 0 bridgehead atoms. The van der Waals surface area contributed by atoms with Crippen molar-refractivity contribution in [2.45, 2.75) is 25.7 Å². The summed E-state index contributed by atoms with van der Waals surface area (Å²) in [6.45, 7) is 1.63. The highest BCUT2D eigenvalue weighted by molar-refractivity contribution is 7.15. The number of amides is 1. The first-order valence-electron chi connectivity index (χ1n) is 12.0. The van der Waals surface area contributed by atoms with Crippen molar-refractivity contribution in [1.82, 2.24) is 25.3 Å². The van der Waals surface area contributed by atoms with E-state index in [1.807, 2.05) is 6.07 Å². The molecule has 4 N–H and O–H groups in total. The molecule has 0 radical (unpaired) electrons. The molecule has 1 atom stereocenters. The summed E-state index contributed by atoms with van der Waals surface area (Å²) in [5.74, 6) is -2.83. The predicted octanol–water partition coefficient (Wildman–Crippen LogP) is 6.13. The zero-order valence-electron chi connectivity index (χ0n) is 21.1. The van der Waals surface area contributed by atoms with E-state index >= 15 is 0 Å². The second-order valence-corrected chi connectivity index (χ2v) is 10.1. The molecule has 0 spiro atoms. The molecule has 5 rings (SSSR count). The van der Waals surface area contributed by atoms with Gasteiger partial charge in [0.05, 0.1) is 46.0 Å². The number of pyridine rings is 2. The number of thiophene rings is 1. The Morgan fingerprint density at radius 3 is 2.56 bits per heavy atom. The van der Waals surface area contributed by atoms with Crippen LogP contribution in [0.25, 0.3) is 21.5 Å². The average molecular weight is 586 g/mol. The first-order chi connectivity index (χ1) is 19.5. The number of hydrogen-bond acceptors (Lipinski definition) is 8. The molecule has 5 aromatic rings. The maximum Gasteiger partial charge on any atom is 0.417 e. The smallest absolute Gasteiger partial charge is 0.383 e. The molecule has 1 aromatic carbocycles. The lowest BCUT2D eigenvalue weighted by molar-refractivity contribution is -0.137. The van der Waals surface area contributed by atoms with E-state index in [4.69, 9.17) is 5.73 Å². The average Bonchev–Trinajstić information content (AvgIpc) is 3.42. The molecule has 0 saturated carbocycles. The van der Waals surface area contributed by atoms with E-state index < -0.39 is 35.3 Å². The number of fused-ring (bicyclic) bond motifs is 1. The van der Waals surface area contributed by atoms with Gasteiger partial charge in [-0.05, 0) is 48.9 Å². The number of rotatable bonds is 7. The molecule has 0 saturated heterocycles. The van der Waals surface area contributed by atoms with Crippen molar-refractivity contribution in [3.63, 3.8) is 0 Å². The van der Waals surface area contributed by atoms with E-state index in [0.29, 0.717) is 34.7 Å². The number of benzene rings is 1. The molecule has 210 valence electrons. The van der Waals surface area contributed by atoms with Gasteiger partial charge in [0.1, 0.15) is 18.0 Å². The molecular formula is C27H20F5N7OS. The molecule has 41 heavy (non-hydrogen) atoms. The van der Waals surface area contributed by atoms with Gasteiger partial charge in [0.25, 0.3) is 5.91 Å². The number of anilines is 2. The van der Waals surface area contributed by atoms with Crippen LogP contribution < -0.4 is 16.4 Å². The lowest BCUT2D eigenvalue weighted by atomic mass is 10.1. The first kappa shape index (κ1) is 27.8. The van der Waals surface area contributed by atoms with Gasteiger partial charge in [0.2, 0.25) is 0 Å². The Hall–Kier alpha value is -4.72. The van der Waals surface area contributed by atoms with Crippen LogP contribution in [0.2, 0.25) is 0 Å². The van der Waals surface area contributed by atoms with Crippen molar-refractivity contribution in [2.75, 3.05) is 11.1 Å². The second-order valence-electron chi connectivity index (χ2n) is 8.95. The van der Waals surface area contributed by atoms with E-state index in [0.717, 1.165) is 21.9 Å². The largest absolute Gasteiger partial charge is 0.417 e. The topological polar surface area (TPSA) is 119 Å². The van der Waals surface area contributed by atoms with Crippen LogP contribution >= 0.6 is 11.3 Å². The lowest BCUT2D eigenvalue weighted by Gasteiger charge is -2.17. The lowest BCUT2D eigenvalue weighted by Crippen LogP contribution is -2.28. The van der Waals surface area contributed by atoms with Crippen molar-refractivity contribution < 1.29 is 26.7 Å². The predicted molar refractivity (Wildman–Crippen MR) is 144 cm³/mol. The van der Waals surface area contributed by atoms with Crippen LogP contribution in [0.1, 0.15) is 39.3 Å². The number of carbonyl (C=O) groups is 1. The molecule has 1 amide bonds. The van der Waals surface area contributed by atoms with Gasteiger partial charge in [-0.2, -0.15) is 13.2 Å². The first-order valence-corrected chi connectivity index (χ1v) is 12.8. The molecule has 4 heterocycles. The van der Waals surface area contributed by atoms with Gasteiger partial charge in [-0.3, -0.25) is 9.78 Å². The summed E-state index contributed by atoms with van der Waals surface area (Å²) in [6, 6.07) is 8.32. The number of nitrogens with zero attached hydrogens (tertiary/aromatic N) is 4. The standard InChI is InChI=1S/C27H20F5N7OS/c1-13(14-2-4-19(28)20(29)6-14)39-26(40)18-7-15(27(30,31)32)9-35-25(18)36-10-16-3-5-23(41-16)21-8-17-22(11-34-21)37-12-38-24(17)33/h2-9,11-13H,10H2,1H3,(H,35,36)(H,39,40)(H2,33,37,38)/t13-/m0/s1. The Morgan fingerprint density at radius 1 is 1.00 bits per heavy atom. The van der Waals surface area contributed by atoms with E-state index in [1.165, 1.54) is 30.7 Å². The van der Waals surface area contributed by atoms with Gasteiger partial charge in [-0.15, -0.1) is 11.3 Å². The Bertz CT molecular complexity index is 1760. The summed E-state index contributed by atoms with van der Waals surface area (Å²) in [7, 11) is 0. The minimum Gasteiger partial charge on any atom is -0.383 e. The molecule has 0 aliphatic carbocycles. The van der Waals surface area contributed by atoms with Crippen LogP contribution in [-0.2, 0) is 12.7 Å². The van der Waals surface area contributed by atoms with Gasteiger partial charge >= 0.3 is 6.18 Å². The number of hydrogen-bond donors (Lipinski definition) is 3. The molecular weight excluding hydrogens is 565 g/mol. The summed E-state index contributed by atoms with van der Waals surface area (Å²) in [4.78, 5) is 31.0. The van der Waals surface area contributed by atoms with E-state index in [-0.39, 0.29) is 23.5 Å². The van der Waals surface area contributed by atoms with Crippen LogP contribution in [-0.4, -0.2) is 25.8 Å². The van der Waals surface area contributed by atoms with Gasteiger partial charge in [-0.1, -0.05) is 6.07 Å². The molecule has 0 aliphatic heterocycles. The van der Waals surface area contributed by atoms with Crippen LogP contribution in [0.4, 0.5) is 33.6 Å². The maximum atomic E-state index is 13.7. The summed E-state index contributed by atoms with van der Waals surface area (Å²) < 4.78 is 67.2. The summed E-state index contributed by atoms with van der Waals surface area (Å²) in [5, 5.41) is 6.09. The Balaban J connectivity index is 1.36. The minimum absolute atomic E-state index is 0.0864. The quantitative estimate of drug-likeness (QED) is 0.197. The third-order valence-electron chi connectivity index (χ3n) is 6.15. The summed E-state index contributed by atoms with van der Waals surface area (Å²) >= 11 is 1.37. The van der Waals surface area contributed by atoms with E-state index in [2.05, 4.69) is 30.6 Å². The highest BCUT2D eigenvalue weighted by Crippen LogP contribution is 2.32. The number of halogens is 5. The zero-order chi connectivity index (χ0) is 29.3. The molecule has 0 fully saturated rings. The fraction of sp³-hybridized carbons (Fsp3) is 0.148. The molecule has 14 heteroatoms. The number of alkyl halides is 3. The van der Waals surface area contributed by atoms with Gasteiger partial charge < -0.3 is 16.4 Å². The van der Waals surface area contributed by atoms with Gasteiger partial charge in [-0.25, -0.2) is 23.7 Å². The fourth-order valence-corrected chi connectivity index (χ4v) is 4.88. The highest BCUT2D eigenvalue weighted by atomic mass is 32.1. The number of nitrogens with two attached hydrogens (primary N) is 1. The number of nitrogens with one attached hydrogen (secondary N) is 2. The minimum atomic E-state index is -4.74. The maximum absolute atomic E-state index is 13.7. The molecule has 0 unspecified atom stereocenters. The monoisotopic (exact) mass is 585 g/mol. The number of carbonyl (C=O) groups excluding carboxylic acids is 1. The molecule has 8 nitrogen and oxygen atoms in total. The number of aromatic nitrogens is 4. The summed E-state index contributed by atoms with van der Waals surface area (Å²) in [6.07, 6.45) is -1.18. The number of nitrogen functional groups attached to an aromatic ring is 1. The Kier molecular flexibility index (Phi) is 7.49. The van der Waals surface area contributed by atoms with Crippen LogP contribution in [0.5, 0.6) is 0 Å². The van der Waals surface area contributed by atoms with E-state index in [1.54, 1.807) is 18.3 Å². The van der Waals surface area contributed by atoms with Gasteiger partial charge in [0, 0.05) is 16.5 Å².